The second-order valence-electron chi connectivity index (χ2n) is 3.59. The molecule has 0 heterocycles. The molecule has 1 unspecified atom stereocenters. The Hall–Kier alpha value is -1.83. The van der Waals surface area contributed by atoms with Crippen LogP contribution in [0.1, 0.15) is 23.7 Å². The summed E-state index contributed by atoms with van der Waals surface area (Å²) in [5, 5.41) is 0. The van der Waals surface area contributed by atoms with E-state index in [2.05, 4.69) is 13.5 Å². The van der Waals surface area contributed by atoms with Crippen LogP contribution in [0.25, 0.3) is 0 Å². The third-order valence-corrected chi connectivity index (χ3v) is 2.19. The average molecular weight is 216 g/mol. The van der Waals surface area contributed by atoms with Crippen LogP contribution in [0.3, 0.4) is 0 Å². The number of hydrogen-bond acceptors (Lipinski definition) is 2. The molecule has 2 nitrogen and oxygen atoms in total. The number of benzene rings is 1. The first kappa shape index (κ1) is 12.2. The zero-order chi connectivity index (χ0) is 11.8. The molecule has 1 atom stereocenters. The van der Waals surface area contributed by atoms with Gasteiger partial charge in [-0.3, -0.25) is 0 Å². The van der Waals surface area contributed by atoms with Crippen LogP contribution in [0.2, 0.25) is 0 Å². The lowest BCUT2D eigenvalue weighted by Gasteiger charge is -2.00. The smallest absolute Gasteiger partial charge is 0.342 e. The van der Waals surface area contributed by atoms with Crippen LogP contribution in [-0.4, -0.2) is 5.97 Å². The Morgan fingerprint density at radius 3 is 2.75 bits per heavy atom. The summed E-state index contributed by atoms with van der Waals surface area (Å²) < 4.78 is 4.97. The molecule has 16 heavy (non-hydrogen) atoms. The minimum absolute atomic E-state index is 0.330. The lowest BCUT2D eigenvalue weighted by Crippen LogP contribution is -1.99. The number of rotatable bonds is 5. The number of carbonyl (C=O) groups excluding carboxylic acids is 1. The van der Waals surface area contributed by atoms with Crippen molar-refractivity contribution in [3.8, 4) is 0 Å². The number of hydrogen-bond donors (Lipinski definition) is 0. The predicted octanol–water partition coefficient (Wildman–Crippen LogP) is 3.57. The molecule has 0 radical (unpaired) electrons. The Morgan fingerprint density at radius 2 is 2.12 bits per heavy atom. The van der Waals surface area contributed by atoms with Gasteiger partial charge in [-0.25, -0.2) is 4.79 Å². The summed E-state index contributed by atoms with van der Waals surface area (Å²) in [7, 11) is 0. The average Bonchev–Trinajstić information content (AvgIpc) is 2.35. The highest BCUT2D eigenvalue weighted by Gasteiger charge is 2.02. The van der Waals surface area contributed by atoms with E-state index < -0.39 is 0 Å². The van der Waals surface area contributed by atoms with E-state index in [-0.39, 0.29) is 5.97 Å². The summed E-state index contributed by atoms with van der Waals surface area (Å²) in [5.74, 6) is 0.0646. The van der Waals surface area contributed by atoms with Crippen LogP contribution >= 0.6 is 0 Å². The molecule has 0 fully saturated rings. The van der Waals surface area contributed by atoms with E-state index >= 15 is 0 Å². The summed E-state index contributed by atoms with van der Waals surface area (Å²) in [6, 6.07) is 8.92. The molecule has 0 aliphatic heterocycles. The van der Waals surface area contributed by atoms with Crippen molar-refractivity contribution in [3.05, 3.63) is 60.9 Å². The molecule has 0 amide bonds. The second kappa shape index (κ2) is 6.62. The van der Waals surface area contributed by atoms with Gasteiger partial charge in [-0.2, -0.15) is 0 Å². The van der Waals surface area contributed by atoms with Gasteiger partial charge < -0.3 is 4.74 Å². The topological polar surface area (TPSA) is 26.3 Å². The minimum atomic E-state index is -0.330. The standard InChI is InChI=1S/C14H16O2/c1-3-12(2)8-7-11-16-14(15)13-9-5-4-6-10-13/h3-7,9-12H,1,8H2,2H3/b11-7+. The third kappa shape index (κ3) is 4.13. The number of esters is 1. The zero-order valence-electron chi connectivity index (χ0n) is 9.43. The molecular weight excluding hydrogens is 200 g/mol. The van der Waals surface area contributed by atoms with E-state index in [1.54, 1.807) is 24.3 Å². The monoisotopic (exact) mass is 216 g/mol. The molecule has 0 aromatic heterocycles. The maximum atomic E-state index is 11.5. The lowest BCUT2D eigenvalue weighted by atomic mass is 10.1. The first-order chi connectivity index (χ1) is 7.74. The number of allylic oxidation sites excluding steroid dienone is 2. The van der Waals surface area contributed by atoms with Crippen molar-refractivity contribution in [2.75, 3.05) is 0 Å². The van der Waals surface area contributed by atoms with Crippen molar-refractivity contribution in [2.45, 2.75) is 13.3 Å². The van der Waals surface area contributed by atoms with Crippen LogP contribution in [-0.2, 0) is 4.74 Å². The Bertz CT molecular complexity index is 366. The highest BCUT2D eigenvalue weighted by molar-refractivity contribution is 5.89. The molecule has 0 saturated carbocycles. The Kier molecular flexibility index (Phi) is 5.06. The van der Waals surface area contributed by atoms with E-state index in [0.29, 0.717) is 11.5 Å². The van der Waals surface area contributed by atoms with E-state index in [1.165, 1.54) is 6.26 Å². The lowest BCUT2D eigenvalue weighted by molar-refractivity contribution is 0.0662. The normalized spacial score (nSPS) is 12.3. The van der Waals surface area contributed by atoms with Gasteiger partial charge in [-0.05, 0) is 30.5 Å². The maximum absolute atomic E-state index is 11.5. The summed E-state index contributed by atoms with van der Waals surface area (Å²) in [6.07, 6.45) is 5.96. The summed E-state index contributed by atoms with van der Waals surface area (Å²) in [4.78, 5) is 11.5. The molecule has 0 spiro atoms. The predicted molar refractivity (Wildman–Crippen MR) is 65.0 cm³/mol. The molecule has 1 aromatic carbocycles. The second-order valence-corrected chi connectivity index (χ2v) is 3.59. The zero-order valence-corrected chi connectivity index (χ0v) is 9.43. The summed E-state index contributed by atoms with van der Waals surface area (Å²) in [6.45, 7) is 5.73. The molecule has 0 aliphatic rings. The van der Waals surface area contributed by atoms with Gasteiger partial charge in [0.1, 0.15) is 0 Å². The van der Waals surface area contributed by atoms with Crippen LogP contribution in [0.15, 0.2) is 55.3 Å². The van der Waals surface area contributed by atoms with Crippen molar-refractivity contribution >= 4 is 5.97 Å². The summed E-state index contributed by atoms with van der Waals surface area (Å²) in [5.41, 5.74) is 0.559. The molecule has 84 valence electrons. The quantitative estimate of drug-likeness (QED) is 0.427. The highest BCUT2D eigenvalue weighted by atomic mass is 16.5. The van der Waals surface area contributed by atoms with Crippen LogP contribution in [0.5, 0.6) is 0 Å². The minimum Gasteiger partial charge on any atom is -0.431 e. The van der Waals surface area contributed by atoms with Crippen molar-refractivity contribution in [2.24, 2.45) is 5.92 Å². The van der Waals surface area contributed by atoms with Crippen molar-refractivity contribution in [3.63, 3.8) is 0 Å². The fourth-order valence-corrected chi connectivity index (χ4v) is 1.12. The molecule has 0 saturated heterocycles. The van der Waals surface area contributed by atoms with Crippen LogP contribution < -0.4 is 0 Å². The van der Waals surface area contributed by atoms with E-state index in [1.807, 2.05) is 18.2 Å². The fourth-order valence-electron chi connectivity index (χ4n) is 1.12. The largest absolute Gasteiger partial charge is 0.431 e. The van der Waals surface area contributed by atoms with Gasteiger partial charge >= 0.3 is 5.97 Å². The van der Waals surface area contributed by atoms with Gasteiger partial charge in [-0.15, -0.1) is 6.58 Å². The van der Waals surface area contributed by atoms with Gasteiger partial charge in [0.2, 0.25) is 0 Å². The van der Waals surface area contributed by atoms with Gasteiger partial charge in [-0.1, -0.05) is 31.2 Å². The number of carbonyl (C=O) groups is 1. The van der Waals surface area contributed by atoms with E-state index in [0.717, 1.165) is 6.42 Å². The van der Waals surface area contributed by atoms with Gasteiger partial charge in [0.05, 0.1) is 11.8 Å². The van der Waals surface area contributed by atoms with Crippen molar-refractivity contribution in [1.29, 1.82) is 0 Å². The molecule has 1 aromatic rings. The molecule has 1 rings (SSSR count). The SMILES string of the molecule is C=CC(C)C/C=C/OC(=O)c1ccccc1. The number of ether oxygens (including phenoxy) is 1. The van der Waals surface area contributed by atoms with Crippen molar-refractivity contribution in [1.82, 2.24) is 0 Å². The van der Waals surface area contributed by atoms with Gasteiger partial charge in [0.15, 0.2) is 0 Å². The first-order valence-electron chi connectivity index (χ1n) is 5.27. The van der Waals surface area contributed by atoms with Crippen LogP contribution in [0, 0.1) is 5.92 Å². The molecular formula is C14H16O2. The van der Waals surface area contributed by atoms with Crippen molar-refractivity contribution < 1.29 is 9.53 Å². The maximum Gasteiger partial charge on any atom is 0.342 e. The molecule has 0 aliphatic carbocycles. The molecule has 0 N–H and O–H groups in total. The van der Waals surface area contributed by atoms with E-state index in [4.69, 9.17) is 4.74 Å². The highest BCUT2D eigenvalue weighted by Crippen LogP contribution is 2.04. The van der Waals surface area contributed by atoms with Gasteiger partial charge in [0.25, 0.3) is 0 Å². The fraction of sp³-hybridized carbons (Fsp3) is 0.214. The Morgan fingerprint density at radius 1 is 1.44 bits per heavy atom. The van der Waals surface area contributed by atoms with Crippen LogP contribution in [0.4, 0.5) is 0 Å². The molecule has 0 bridgehead atoms. The molecule has 2 heteroatoms. The Labute approximate surface area is 96.2 Å². The third-order valence-electron chi connectivity index (χ3n) is 2.19. The first-order valence-corrected chi connectivity index (χ1v) is 5.27. The van der Waals surface area contributed by atoms with E-state index in [9.17, 15) is 4.79 Å². The Balaban J connectivity index is 2.39. The van der Waals surface area contributed by atoms with Gasteiger partial charge in [0, 0.05) is 0 Å². The summed E-state index contributed by atoms with van der Waals surface area (Å²) >= 11 is 0.